The first-order valence-corrected chi connectivity index (χ1v) is 8.32. The molecule has 0 aromatic carbocycles. The van der Waals surface area contributed by atoms with Gasteiger partial charge in [-0.05, 0) is 18.2 Å². The van der Waals surface area contributed by atoms with Crippen LogP contribution in [0.4, 0.5) is 4.39 Å². The molecule has 4 rings (SSSR count). The van der Waals surface area contributed by atoms with E-state index < -0.39 is 5.95 Å². The number of aromatic nitrogens is 6. The molecule has 0 radical (unpaired) electrons. The van der Waals surface area contributed by atoms with Crippen molar-refractivity contribution in [2.75, 3.05) is 0 Å². The van der Waals surface area contributed by atoms with Crippen molar-refractivity contribution in [3.63, 3.8) is 0 Å². The third-order valence-corrected chi connectivity index (χ3v) is 4.14. The second-order valence-electron chi connectivity index (χ2n) is 4.89. The van der Waals surface area contributed by atoms with Crippen molar-refractivity contribution < 1.29 is 4.39 Å². The van der Waals surface area contributed by atoms with Crippen LogP contribution in [-0.4, -0.2) is 29.4 Å². The van der Waals surface area contributed by atoms with E-state index in [1.807, 2.05) is 23.1 Å². The van der Waals surface area contributed by atoms with Gasteiger partial charge in [-0.15, -0.1) is 0 Å². The van der Waals surface area contributed by atoms with E-state index in [9.17, 15) is 4.39 Å². The summed E-state index contributed by atoms with van der Waals surface area (Å²) >= 11 is 2.24. The minimum atomic E-state index is -0.516. The van der Waals surface area contributed by atoms with Gasteiger partial charge in [0.2, 0.25) is 5.95 Å². The van der Waals surface area contributed by atoms with Crippen LogP contribution < -0.4 is 0 Å². The highest BCUT2D eigenvalue weighted by Gasteiger charge is 2.12. The summed E-state index contributed by atoms with van der Waals surface area (Å²) in [5.74, 6) is -0.516. The normalized spacial score (nSPS) is 11.2. The molecule has 4 aromatic rings. The first-order valence-electron chi connectivity index (χ1n) is 6.80. The van der Waals surface area contributed by atoms with Gasteiger partial charge < -0.3 is 0 Å². The number of halogens is 2. The largest absolute Gasteiger partial charge is 0.262 e. The van der Waals surface area contributed by atoms with Crippen LogP contribution in [0.15, 0.2) is 49.2 Å². The fraction of sp³-hybridized carbons (Fsp3) is 0.0667. The fourth-order valence-corrected chi connectivity index (χ4v) is 2.73. The summed E-state index contributed by atoms with van der Waals surface area (Å²) in [6.45, 7) is 0. The van der Waals surface area contributed by atoms with Gasteiger partial charge in [0.25, 0.3) is 0 Å². The monoisotopic (exact) mass is 420 g/mol. The summed E-state index contributed by atoms with van der Waals surface area (Å²) in [6.07, 6.45) is 8.72. The molecular formula is C15H10FIN6. The number of pyridine rings is 1. The Bertz CT molecular complexity index is 975. The van der Waals surface area contributed by atoms with Crippen molar-refractivity contribution in [3.05, 3.63) is 55.1 Å². The molecular weight excluding hydrogens is 410 g/mol. The highest BCUT2D eigenvalue weighted by molar-refractivity contribution is 14.1. The Morgan fingerprint density at radius 1 is 1.04 bits per heavy atom. The summed E-state index contributed by atoms with van der Waals surface area (Å²) in [4.78, 5) is 8.42. The van der Waals surface area contributed by atoms with E-state index in [4.69, 9.17) is 4.98 Å². The van der Waals surface area contributed by atoms with Crippen molar-refractivity contribution in [1.82, 2.24) is 29.4 Å². The van der Waals surface area contributed by atoms with Crippen LogP contribution in [0.3, 0.4) is 0 Å². The van der Waals surface area contributed by atoms with E-state index in [2.05, 4.69) is 37.8 Å². The van der Waals surface area contributed by atoms with Crippen LogP contribution in [0.5, 0.6) is 0 Å². The second kappa shape index (κ2) is 5.69. The maximum atomic E-state index is 13.1. The van der Waals surface area contributed by atoms with Crippen molar-refractivity contribution in [1.29, 1.82) is 0 Å². The predicted molar refractivity (Wildman–Crippen MR) is 91.4 cm³/mol. The molecule has 0 saturated heterocycles. The zero-order valence-electron chi connectivity index (χ0n) is 11.8. The first kappa shape index (κ1) is 14.2. The number of hydrogen-bond donors (Lipinski definition) is 0. The number of rotatable bonds is 3. The molecule has 6 nitrogen and oxygen atoms in total. The molecule has 23 heavy (non-hydrogen) atoms. The van der Waals surface area contributed by atoms with E-state index >= 15 is 0 Å². The van der Waals surface area contributed by atoms with Crippen LogP contribution >= 0.6 is 22.6 Å². The molecule has 0 aliphatic heterocycles. The number of fused-ring (bicyclic) bond motifs is 1. The topological polar surface area (TPSA) is 60.9 Å². The smallest absolute Gasteiger partial charge is 0.212 e. The van der Waals surface area contributed by atoms with Gasteiger partial charge in [-0.1, -0.05) is 22.6 Å². The van der Waals surface area contributed by atoms with Crippen LogP contribution in [0, 0.1) is 5.95 Å². The SMILES string of the molecule is Fc1ccc(-c2nc(-c3cnn(CI)c3)cn3nccc23)cn1. The van der Waals surface area contributed by atoms with E-state index in [1.165, 1.54) is 12.3 Å². The summed E-state index contributed by atoms with van der Waals surface area (Å²) in [5.41, 5.74) is 3.92. The average Bonchev–Trinajstić information content (AvgIpc) is 3.23. The lowest BCUT2D eigenvalue weighted by atomic mass is 10.1. The Labute approximate surface area is 144 Å². The summed E-state index contributed by atoms with van der Waals surface area (Å²) in [5, 5.41) is 8.56. The van der Waals surface area contributed by atoms with Crippen molar-refractivity contribution in [3.8, 4) is 22.5 Å². The van der Waals surface area contributed by atoms with Crippen LogP contribution in [0.1, 0.15) is 0 Å². The van der Waals surface area contributed by atoms with E-state index in [-0.39, 0.29) is 0 Å². The lowest BCUT2D eigenvalue weighted by Gasteiger charge is -2.06. The van der Waals surface area contributed by atoms with Gasteiger partial charge in [0.15, 0.2) is 0 Å². The standard InChI is InChI=1S/C15H10FIN6/c16-14-2-1-10(5-18-14)15-13-3-4-19-23(13)8-12(21-15)11-6-20-22(7-11)9-17/h1-8H,9H2. The molecule has 114 valence electrons. The van der Waals surface area contributed by atoms with Crippen molar-refractivity contribution >= 4 is 28.1 Å². The molecule has 0 aliphatic carbocycles. The van der Waals surface area contributed by atoms with Crippen LogP contribution in [0.25, 0.3) is 28.0 Å². The number of alkyl halides is 1. The molecule has 0 bridgehead atoms. The Morgan fingerprint density at radius 2 is 1.96 bits per heavy atom. The molecule has 0 spiro atoms. The average molecular weight is 420 g/mol. The Morgan fingerprint density at radius 3 is 2.70 bits per heavy atom. The quantitative estimate of drug-likeness (QED) is 0.290. The number of hydrogen-bond acceptors (Lipinski definition) is 4. The summed E-state index contributed by atoms with van der Waals surface area (Å²) < 4.78 is 17.4. The lowest BCUT2D eigenvalue weighted by Crippen LogP contribution is -1.97. The van der Waals surface area contributed by atoms with E-state index in [1.54, 1.807) is 23.0 Å². The van der Waals surface area contributed by atoms with Gasteiger partial charge in [0, 0.05) is 23.5 Å². The van der Waals surface area contributed by atoms with Gasteiger partial charge in [-0.2, -0.15) is 14.6 Å². The maximum Gasteiger partial charge on any atom is 0.212 e. The molecule has 0 saturated carbocycles. The highest BCUT2D eigenvalue weighted by atomic mass is 127. The zero-order chi connectivity index (χ0) is 15.8. The minimum Gasteiger partial charge on any atom is -0.262 e. The molecule has 0 amide bonds. The summed E-state index contributed by atoms with van der Waals surface area (Å²) in [7, 11) is 0. The molecule has 0 aliphatic rings. The molecule has 4 aromatic heterocycles. The Hall–Kier alpha value is -2.36. The molecule has 0 N–H and O–H groups in total. The van der Waals surface area contributed by atoms with Gasteiger partial charge >= 0.3 is 0 Å². The van der Waals surface area contributed by atoms with Gasteiger partial charge in [-0.3, -0.25) is 4.68 Å². The van der Waals surface area contributed by atoms with Gasteiger partial charge in [0.05, 0.1) is 40.0 Å². The second-order valence-corrected chi connectivity index (χ2v) is 5.58. The fourth-order valence-electron chi connectivity index (χ4n) is 2.36. The first-order chi connectivity index (χ1) is 11.2. The molecule has 8 heteroatoms. The Kier molecular flexibility index (Phi) is 3.52. The predicted octanol–water partition coefficient (Wildman–Crippen LogP) is 3.19. The highest BCUT2D eigenvalue weighted by Crippen LogP contribution is 2.26. The van der Waals surface area contributed by atoms with Crippen molar-refractivity contribution in [2.45, 2.75) is 4.55 Å². The third kappa shape index (κ3) is 2.58. The van der Waals surface area contributed by atoms with Gasteiger partial charge in [0.1, 0.15) is 0 Å². The third-order valence-electron chi connectivity index (χ3n) is 3.44. The van der Waals surface area contributed by atoms with E-state index in [0.29, 0.717) is 5.69 Å². The minimum absolute atomic E-state index is 0.516. The molecule has 0 atom stereocenters. The van der Waals surface area contributed by atoms with E-state index in [0.717, 1.165) is 26.9 Å². The van der Waals surface area contributed by atoms with Gasteiger partial charge in [-0.25, -0.2) is 14.5 Å². The van der Waals surface area contributed by atoms with Crippen molar-refractivity contribution in [2.24, 2.45) is 0 Å². The van der Waals surface area contributed by atoms with Crippen LogP contribution in [-0.2, 0) is 4.55 Å². The zero-order valence-corrected chi connectivity index (χ0v) is 13.9. The summed E-state index contributed by atoms with van der Waals surface area (Å²) in [6, 6.07) is 4.85. The maximum absolute atomic E-state index is 13.1. The molecule has 0 unspecified atom stereocenters. The lowest BCUT2D eigenvalue weighted by molar-refractivity contribution is 0.584. The number of nitrogens with zero attached hydrogens (tertiary/aromatic N) is 6. The molecule has 4 heterocycles. The Balaban J connectivity index is 1.92. The molecule has 0 fully saturated rings. The van der Waals surface area contributed by atoms with Crippen LogP contribution in [0.2, 0.25) is 0 Å².